The molecule has 7 heteroatoms. The Kier molecular flexibility index (Phi) is 2.84. The fraction of sp³-hybridized carbons (Fsp3) is 0.438. The molecule has 0 N–H and O–H groups in total. The van der Waals surface area contributed by atoms with Crippen LogP contribution in [0.3, 0.4) is 0 Å². The molecule has 1 aromatic carbocycles. The van der Waals surface area contributed by atoms with Gasteiger partial charge in [-0.3, -0.25) is 4.68 Å². The summed E-state index contributed by atoms with van der Waals surface area (Å²) < 4.78 is 60.5. The van der Waals surface area contributed by atoms with E-state index in [-0.39, 0.29) is 24.4 Å². The van der Waals surface area contributed by atoms with Gasteiger partial charge in [0.15, 0.2) is 5.69 Å². The Hall–Kier alpha value is -2.05. The topological polar surface area (TPSA) is 27.1 Å². The van der Waals surface area contributed by atoms with E-state index < -0.39 is 17.5 Å². The summed E-state index contributed by atoms with van der Waals surface area (Å²) in [6.07, 6.45) is -4.13. The number of fused-ring (bicyclic) bond motifs is 3. The van der Waals surface area contributed by atoms with Gasteiger partial charge in [-0.2, -0.15) is 18.3 Å². The molecule has 0 aliphatic heterocycles. The van der Waals surface area contributed by atoms with E-state index in [1.54, 1.807) is 24.3 Å². The molecular weight excluding hydrogens is 312 g/mol. The molecule has 2 unspecified atom stereocenters. The molecule has 122 valence electrons. The Morgan fingerprint density at radius 3 is 2.61 bits per heavy atom. The third kappa shape index (κ3) is 2.13. The van der Waals surface area contributed by atoms with Crippen molar-refractivity contribution in [3.63, 3.8) is 0 Å². The summed E-state index contributed by atoms with van der Waals surface area (Å²) in [5, 5.41) is 3.68. The first-order chi connectivity index (χ1) is 10.8. The molecule has 0 amide bonds. The number of methoxy groups -OCH3 is 1. The lowest BCUT2D eigenvalue weighted by atomic mass is 10.1. The molecule has 4 rings (SSSR count). The number of alkyl halides is 4. The summed E-state index contributed by atoms with van der Waals surface area (Å²) in [5.41, 5.74) is -1.95. The third-order valence-electron chi connectivity index (χ3n) is 4.70. The molecule has 3 nitrogen and oxygen atoms in total. The van der Waals surface area contributed by atoms with Crippen molar-refractivity contribution in [3.8, 4) is 5.75 Å². The zero-order chi connectivity index (χ0) is 16.4. The molecule has 1 heterocycles. The van der Waals surface area contributed by atoms with Crippen LogP contribution in [0.25, 0.3) is 0 Å². The molecule has 23 heavy (non-hydrogen) atoms. The van der Waals surface area contributed by atoms with Crippen LogP contribution in [0.15, 0.2) is 24.3 Å². The van der Waals surface area contributed by atoms with Crippen molar-refractivity contribution in [1.82, 2.24) is 9.78 Å². The molecule has 0 spiro atoms. The van der Waals surface area contributed by atoms with Crippen LogP contribution < -0.4 is 4.74 Å². The predicted molar refractivity (Wildman–Crippen MR) is 73.9 cm³/mol. The monoisotopic (exact) mass is 326 g/mol. The molecule has 2 aliphatic rings. The molecule has 0 radical (unpaired) electrons. The Morgan fingerprint density at radius 2 is 2.00 bits per heavy atom. The van der Waals surface area contributed by atoms with Crippen LogP contribution in [0.5, 0.6) is 5.75 Å². The van der Waals surface area contributed by atoms with Gasteiger partial charge >= 0.3 is 6.18 Å². The van der Waals surface area contributed by atoms with Gasteiger partial charge in [0, 0.05) is 17.2 Å². The molecule has 0 saturated heterocycles. The second-order valence-corrected chi connectivity index (χ2v) is 6.14. The fourth-order valence-corrected chi connectivity index (χ4v) is 3.45. The number of hydrogen-bond acceptors (Lipinski definition) is 2. The summed E-state index contributed by atoms with van der Waals surface area (Å²) in [5.74, 6) is 0.345. The van der Waals surface area contributed by atoms with Crippen molar-refractivity contribution in [2.24, 2.45) is 5.92 Å². The van der Waals surface area contributed by atoms with E-state index in [2.05, 4.69) is 5.10 Å². The summed E-state index contributed by atoms with van der Waals surface area (Å²) in [4.78, 5) is 0. The number of hydrogen-bond donors (Lipinski definition) is 0. The minimum absolute atomic E-state index is 0.178. The highest BCUT2D eigenvalue weighted by Gasteiger charge is 2.66. The second kappa shape index (κ2) is 4.49. The van der Waals surface area contributed by atoms with Gasteiger partial charge in [0.2, 0.25) is 0 Å². The number of ether oxygens (including phenoxy) is 1. The van der Waals surface area contributed by atoms with Crippen molar-refractivity contribution in [2.45, 2.75) is 31.2 Å². The largest absolute Gasteiger partial charge is 0.497 e. The van der Waals surface area contributed by atoms with Gasteiger partial charge in [0.05, 0.1) is 13.7 Å². The van der Waals surface area contributed by atoms with Gasteiger partial charge in [0.25, 0.3) is 0 Å². The molecule has 1 saturated carbocycles. The van der Waals surface area contributed by atoms with E-state index in [4.69, 9.17) is 4.74 Å². The van der Waals surface area contributed by atoms with Crippen LogP contribution >= 0.6 is 0 Å². The summed E-state index contributed by atoms with van der Waals surface area (Å²) in [6, 6.07) is 7.00. The molecule has 0 bridgehead atoms. The molecule has 1 aromatic heterocycles. The number of nitrogens with zero attached hydrogens (tertiary/aromatic N) is 2. The SMILES string of the molecule is COc1ccc(Cn2nc(C(F)(F)F)c3c2CC2CC32F)cc1. The van der Waals surface area contributed by atoms with Crippen molar-refractivity contribution in [2.75, 3.05) is 7.11 Å². The molecule has 2 atom stereocenters. The molecule has 2 aliphatic carbocycles. The second-order valence-electron chi connectivity index (χ2n) is 6.14. The normalized spacial score (nSPS) is 25.2. The van der Waals surface area contributed by atoms with Gasteiger partial charge in [-0.15, -0.1) is 0 Å². The first kappa shape index (κ1) is 14.5. The fourth-order valence-electron chi connectivity index (χ4n) is 3.45. The van der Waals surface area contributed by atoms with E-state index in [9.17, 15) is 17.6 Å². The van der Waals surface area contributed by atoms with E-state index in [1.807, 2.05) is 0 Å². The highest BCUT2D eigenvalue weighted by molar-refractivity contribution is 5.46. The van der Waals surface area contributed by atoms with Gasteiger partial charge < -0.3 is 4.74 Å². The third-order valence-corrected chi connectivity index (χ3v) is 4.70. The van der Waals surface area contributed by atoms with Crippen LogP contribution in [0.4, 0.5) is 17.6 Å². The van der Waals surface area contributed by atoms with Crippen LogP contribution in [-0.2, 0) is 24.8 Å². The molecule has 2 aromatic rings. The Labute approximate surface area is 129 Å². The van der Waals surface area contributed by atoms with E-state index in [0.717, 1.165) is 5.56 Å². The maximum absolute atomic E-state index is 14.5. The summed E-state index contributed by atoms with van der Waals surface area (Å²) in [7, 11) is 1.54. The predicted octanol–water partition coefficient (Wildman–Crippen LogP) is 3.70. The number of benzene rings is 1. The zero-order valence-corrected chi connectivity index (χ0v) is 12.3. The van der Waals surface area contributed by atoms with E-state index in [1.165, 1.54) is 11.8 Å². The smallest absolute Gasteiger partial charge is 0.435 e. The van der Waals surface area contributed by atoms with E-state index in [0.29, 0.717) is 17.9 Å². The molecule has 1 fully saturated rings. The minimum atomic E-state index is -4.63. The van der Waals surface area contributed by atoms with Gasteiger partial charge in [-0.1, -0.05) is 12.1 Å². The van der Waals surface area contributed by atoms with Crippen LogP contribution in [0.1, 0.15) is 28.9 Å². The molecular formula is C16H14F4N2O. The standard InChI is InChI=1S/C16H14F4N2O/c1-23-11-4-2-9(3-5-11)8-22-12-6-10-7-15(10,17)13(12)14(21-22)16(18,19)20/h2-5,10H,6-8H2,1H3. The van der Waals surface area contributed by atoms with Crippen molar-refractivity contribution in [1.29, 1.82) is 0 Å². The zero-order valence-electron chi connectivity index (χ0n) is 12.3. The van der Waals surface area contributed by atoms with E-state index >= 15 is 0 Å². The van der Waals surface area contributed by atoms with Crippen molar-refractivity contribution >= 4 is 0 Å². The lowest BCUT2D eigenvalue weighted by Crippen LogP contribution is -2.13. The van der Waals surface area contributed by atoms with Crippen LogP contribution in [-0.4, -0.2) is 16.9 Å². The van der Waals surface area contributed by atoms with Gasteiger partial charge in [0.1, 0.15) is 11.4 Å². The first-order valence-corrected chi connectivity index (χ1v) is 7.32. The number of rotatable bonds is 3. The Morgan fingerprint density at radius 1 is 1.30 bits per heavy atom. The lowest BCUT2D eigenvalue weighted by Gasteiger charge is -2.07. The average molecular weight is 326 g/mol. The van der Waals surface area contributed by atoms with Crippen LogP contribution in [0.2, 0.25) is 0 Å². The Balaban J connectivity index is 1.72. The highest BCUT2D eigenvalue weighted by atomic mass is 19.4. The summed E-state index contributed by atoms with van der Waals surface area (Å²) >= 11 is 0. The maximum atomic E-state index is 14.5. The van der Waals surface area contributed by atoms with Gasteiger partial charge in [-0.05, 0) is 30.5 Å². The van der Waals surface area contributed by atoms with Gasteiger partial charge in [-0.25, -0.2) is 4.39 Å². The number of aromatic nitrogens is 2. The number of halogens is 4. The van der Waals surface area contributed by atoms with Crippen molar-refractivity contribution in [3.05, 3.63) is 46.8 Å². The lowest BCUT2D eigenvalue weighted by molar-refractivity contribution is -0.142. The highest BCUT2D eigenvalue weighted by Crippen LogP contribution is 2.64. The van der Waals surface area contributed by atoms with Crippen molar-refractivity contribution < 1.29 is 22.3 Å². The first-order valence-electron chi connectivity index (χ1n) is 7.32. The van der Waals surface area contributed by atoms with Crippen LogP contribution in [0, 0.1) is 5.92 Å². The average Bonchev–Trinajstić information content (AvgIpc) is 2.87. The maximum Gasteiger partial charge on any atom is 0.435 e. The minimum Gasteiger partial charge on any atom is -0.497 e. The summed E-state index contributed by atoms with van der Waals surface area (Å²) in [6.45, 7) is 0.186. The Bertz CT molecular complexity index is 766. The quantitative estimate of drug-likeness (QED) is 0.804.